The van der Waals surface area contributed by atoms with Gasteiger partial charge in [0.25, 0.3) is 0 Å². The third kappa shape index (κ3) is 3.73. The zero-order valence-electron chi connectivity index (χ0n) is 14.0. The second-order valence-corrected chi connectivity index (χ2v) is 7.71. The third-order valence-electron chi connectivity index (χ3n) is 6.13. The molecule has 1 saturated carbocycles. The molecule has 1 fully saturated rings. The Kier molecular flexibility index (Phi) is 5.08. The molecule has 0 aromatic heterocycles. The highest BCUT2D eigenvalue weighted by molar-refractivity contribution is 5.18. The largest absolute Gasteiger partial charge is 0.385 e. The first-order valence-electron chi connectivity index (χ1n) is 9.39. The summed E-state index contributed by atoms with van der Waals surface area (Å²) < 4.78 is 0. The van der Waals surface area contributed by atoms with E-state index in [0.29, 0.717) is 6.04 Å². The van der Waals surface area contributed by atoms with Crippen molar-refractivity contribution in [2.45, 2.75) is 84.1 Å². The Hall–Kier alpha value is -0.720. The van der Waals surface area contributed by atoms with Gasteiger partial charge in [-0.2, -0.15) is 0 Å². The van der Waals surface area contributed by atoms with Gasteiger partial charge >= 0.3 is 0 Å². The Morgan fingerprint density at radius 2 is 2.00 bits per heavy atom. The molecule has 0 radical (unpaired) electrons. The summed E-state index contributed by atoms with van der Waals surface area (Å²) in [6.45, 7) is 4.66. The minimum absolute atomic E-state index is 0.713. The number of hydrogen-bond donors (Lipinski definition) is 1. The molecule has 0 bridgehead atoms. The Morgan fingerprint density at radius 3 is 2.76 bits per heavy atom. The second kappa shape index (κ2) is 7.03. The molecule has 1 heterocycles. The van der Waals surface area contributed by atoms with Crippen molar-refractivity contribution in [1.82, 2.24) is 5.32 Å². The Bertz CT molecular complexity index is 400. The molecule has 2 aliphatic carbocycles. The maximum atomic E-state index is 3.89. The van der Waals surface area contributed by atoms with E-state index in [4.69, 9.17) is 0 Å². The highest BCUT2D eigenvalue weighted by Crippen LogP contribution is 2.38. The summed E-state index contributed by atoms with van der Waals surface area (Å²) in [5.41, 5.74) is 3.18. The first kappa shape index (κ1) is 15.2. The number of hydrogen-bond acceptors (Lipinski definition) is 1. The summed E-state index contributed by atoms with van der Waals surface area (Å²) in [7, 11) is 0. The van der Waals surface area contributed by atoms with Gasteiger partial charge in [-0.1, -0.05) is 56.8 Å². The van der Waals surface area contributed by atoms with Gasteiger partial charge < -0.3 is 5.32 Å². The minimum atomic E-state index is 0.713. The van der Waals surface area contributed by atoms with E-state index in [1.165, 1.54) is 64.2 Å². The predicted octanol–water partition coefficient (Wildman–Crippen LogP) is 5.59. The van der Waals surface area contributed by atoms with Crippen molar-refractivity contribution >= 4 is 0 Å². The Labute approximate surface area is 131 Å². The van der Waals surface area contributed by atoms with Gasteiger partial charge in [0.2, 0.25) is 0 Å². The van der Waals surface area contributed by atoms with Gasteiger partial charge in [0.15, 0.2) is 0 Å². The first-order valence-corrected chi connectivity index (χ1v) is 9.39. The summed E-state index contributed by atoms with van der Waals surface area (Å²) in [5.74, 6) is 2.67. The standard InChI is InChI=1S/C20H33N/c1-3-17-13-15(2)14-19(17)20-12-11-18(21-20)10-9-16-7-5-4-6-8-16/h11,13,16-17,19-21H,3-10,12,14H2,1-2H3. The smallest absolute Gasteiger partial charge is 0.0330 e. The molecule has 1 nitrogen and oxygen atoms in total. The lowest BCUT2D eigenvalue weighted by Crippen LogP contribution is -2.33. The lowest BCUT2D eigenvalue weighted by molar-refractivity contribution is 0.312. The van der Waals surface area contributed by atoms with Crippen LogP contribution in [0.3, 0.4) is 0 Å². The van der Waals surface area contributed by atoms with Gasteiger partial charge in [0, 0.05) is 11.7 Å². The van der Waals surface area contributed by atoms with Gasteiger partial charge in [-0.05, 0) is 56.8 Å². The van der Waals surface area contributed by atoms with Crippen molar-refractivity contribution in [2.75, 3.05) is 0 Å². The molecule has 1 N–H and O–H groups in total. The van der Waals surface area contributed by atoms with Crippen molar-refractivity contribution in [3.63, 3.8) is 0 Å². The van der Waals surface area contributed by atoms with Crippen molar-refractivity contribution in [3.05, 3.63) is 23.4 Å². The molecule has 1 aliphatic heterocycles. The fraction of sp³-hybridized carbons (Fsp3) is 0.800. The minimum Gasteiger partial charge on any atom is -0.385 e. The van der Waals surface area contributed by atoms with E-state index in [9.17, 15) is 0 Å². The molecule has 3 rings (SSSR count). The fourth-order valence-electron chi connectivity index (χ4n) is 4.86. The van der Waals surface area contributed by atoms with E-state index in [2.05, 4.69) is 31.3 Å². The number of rotatable bonds is 5. The first-order chi connectivity index (χ1) is 10.3. The summed E-state index contributed by atoms with van der Waals surface area (Å²) in [5, 5.41) is 3.89. The van der Waals surface area contributed by atoms with Crippen LogP contribution in [0.5, 0.6) is 0 Å². The summed E-state index contributed by atoms with van der Waals surface area (Å²) in [4.78, 5) is 0. The van der Waals surface area contributed by atoms with Gasteiger partial charge in [0.05, 0.1) is 0 Å². The summed E-state index contributed by atoms with van der Waals surface area (Å²) in [6, 6.07) is 0.713. The average molecular weight is 287 g/mol. The molecule has 118 valence electrons. The number of allylic oxidation sites excluding steroid dienone is 3. The van der Waals surface area contributed by atoms with Crippen LogP contribution in [-0.2, 0) is 0 Å². The highest BCUT2D eigenvalue weighted by atomic mass is 15.0. The van der Waals surface area contributed by atoms with E-state index in [1.807, 2.05) is 0 Å². The van der Waals surface area contributed by atoms with Gasteiger partial charge in [0.1, 0.15) is 0 Å². The topological polar surface area (TPSA) is 12.0 Å². The average Bonchev–Trinajstić information content (AvgIpc) is 3.12. The molecule has 3 atom stereocenters. The summed E-state index contributed by atoms with van der Waals surface area (Å²) >= 11 is 0. The van der Waals surface area contributed by atoms with Crippen LogP contribution in [0.15, 0.2) is 23.4 Å². The molecule has 3 aliphatic rings. The van der Waals surface area contributed by atoms with Crippen molar-refractivity contribution in [3.8, 4) is 0 Å². The van der Waals surface area contributed by atoms with E-state index < -0.39 is 0 Å². The Balaban J connectivity index is 1.44. The third-order valence-corrected chi connectivity index (χ3v) is 6.13. The molecule has 21 heavy (non-hydrogen) atoms. The van der Waals surface area contributed by atoms with Crippen molar-refractivity contribution in [1.29, 1.82) is 0 Å². The van der Waals surface area contributed by atoms with E-state index >= 15 is 0 Å². The second-order valence-electron chi connectivity index (χ2n) is 7.71. The lowest BCUT2D eigenvalue weighted by Gasteiger charge is -2.27. The molecule has 0 aromatic rings. The maximum Gasteiger partial charge on any atom is 0.0330 e. The highest BCUT2D eigenvalue weighted by Gasteiger charge is 2.33. The van der Waals surface area contributed by atoms with Crippen LogP contribution in [0.25, 0.3) is 0 Å². The molecular formula is C20H33N. The van der Waals surface area contributed by atoms with Crippen molar-refractivity contribution < 1.29 is 0 Å². The van der Waals surface area contributed by atoms with Gasteiger partial charge in [-0.25, -0.2) is 0 Å². The van der Waals surface area contributed by atoms with Crippen LogP contribution >= 0.6 is 0 Å². The van der Waals surface area contributed by atoms with Crippen LogP contribution in [0.2, 0.25) is 0 Å². The Morgan fingerprint density at radius 1 is 1.19 bits per heavy atom. The normalized spacial score (nSPS) is 33.7. The zero-order valence-corrected chi connectivity index (χ0v) is 14.0. The maximum absolute atomic E-state index is 3.89. The monoisotopic (exact) mass is 287 g/mol. The van der Waals surface area contributed by atoms with Crippen LogP contribution in [0, 0.1) is 17.8 Å². The molecule has 0 aromatic carbocycles. The fourth-order valence-corrected chi connectivity index (χ4v) is 4.86. The van der Waals surface area contributed by atoms with E-state index in [1.54, 1.807) is 11.3 Å². The van der Waals surface area contributed by atoms with Crippen LogP contribution in [0.1, 0.15) is 78.1 Å². The number of nitrogens with one attached hydrogen (secondary N) is 1. The molecular weight excluding hydrogens is 254 g/mol. The predicted molar refractivity (Wildman–Crippen MR) is 91.1 cm³/mol. The molecule has 0 amide bonds. The van der Waals surface area contributed by atoms with E-state index in [-0.39, 0.29) is 0 Å². The molecule has 0 saturated heterocycles. The van der Waals surface area contributed by atoms with Crippen molar-refractivity contribution in [2.24, 2.45) is 17.8 Å². The van der Waals surface area contributed by atoms with Crippen LogP contribution in [0.4, 0.5) is 0 Å². The van der Waals surface area contributed by atoms with Gasteiger partial charge in [-0.3, -0.25) is 0 Å². The molecule has 0 spiro atoms. The van der Waals surface area contributed by atoms with E-state index in [0.717, 1.165) is 17.8 Å². The van der Waals surface area contributed by atoms with Crippen LogP contribution < -0.4 is 5.32 Å². The quantitative estimate of drug-likeness (QED) is 0.650. The molecule has 1 heteroatoms. The zero-order chi connectivity index (χ0) is 14.7. The molecule has 3 unspecified atom stereocenters. The SMILES string of the molecule is CCC1C=C(C)CC1C1CC=C(CCC2CCCCC2)N1. The van der Waals surface area contributed by atoms with Crippen LogP contribution in [-0.4, -0.2) is 6.04 Å². The lowest BCUT2D eigenvalue weighted by atomic mass is 9.85. The van der Waals surface area contributed by atoms with Gasteiger partial charge in [-0.15, -0.1) is 0 Å². The summed E-state index contributed by atoms with van der Waals surface area (Å²) in [6.07, 6.45) is 19.1.